The summed E-state index contributed by atoms with van der Waals surface area (Å²) in [5, 5.41) is 12.6. The third kappa shape index (κ3) is 7.65. The molecule has 2 aliphatic heterocycles. The highest BCUT2D eigenvalue weighted by Gasteiger charge is 2.26. The number of piperidine rings is 2. The number of hydrogen-bond donors (Lipinski definition) is 2. The summed E-state index contributed by atoms with van der Waals surface area (Å²) >= 11 is 0. The van der Waals surface area contributed by atoms with Gasteiger partial charge in [-0.15, -0.1) is 0 Å². The van der Waals surface area contributed by atoms with Gasteiger partial charge in [-0.2, -0.15) is 0 Å². The largest absolute Gasteiger partial charge is 0.508 e. The molecule has 3 aromatic rings. The Bertz CT molecular complexity index is 1480. The zero-order valence-electron chi connectivity index (χ0n) is 23.6. The Morgan fingerprint density at radius 3 is 2.19 bits per heavy atom. The number of likely N-dealkylation sites (tertiary alicyclic amines) is 2. The Labute approximate surface area is 246 Å². The van der Waals surface area contributed by atoms with E-state index in [-0.39, 0.29) is 34.6 Å². The van der Waals surface area contributed by atoms with Crippen LogP contribution < -0.4 is 10.1 Å². The van der Waals surface area contributed by atoms with Crippen molar-refractivity contribution < 1.29 is 27.9 Å². The summed E-state index contributed by atoms with van der Waals surface area (Å²) < 4.78 is 29.3. The van der Waals surface area contributed by atoms with Crippen LogP contribution in [0.2, 0.25) is 0 Å². The third-order valence-electron chi connectivity index (χ3n) is 7.79. The molecule has 3 heterocycles. The molecule has 2 saturated heterocycles. The number of nitrogens with zero attached hydrogens (tertiary/aromatic N) is 3. The SMILES string of the molecule is CS(=O)(=O)c1ccc(OC2CCN(C(=O)c3ccc(C(=O)NC4CCN(Cc5ccc(O)cc5)CC4)cn3)CC2)cc1. The summed E-state index contributed by atoms with van der Waals surface area (Å²) in [6.45, 7) is 3.58. The maximum Gasteiger partial charge on any atom is 0.272 e. The average Bonchev–Trinajstić information content (AvgIpc) is 2.99. The van der Waals surface area contributed by atoms with Gasteiger partial charge in [0.25, 0.3) is 11.8 Å². The van der Waals surface area contributed by atoms with Gasteiger partial charge in [0.2, 0.25) is 0 Å². The molecule has 2 amide bonds. The number of phenols is 1. The van der Waals surface area contributed by atoms with Crippen LogP contribution in [0.4, 0.5) is 0 Å². The van der Waals surface area contributed by atoms with Gasteiger partial charge in [0.05, 0.1) is 10.5 Å². The Kier molecular flexibility index (Phi) is 9.08. The molecule has 2 N–H and O–H groups in total. The normalized spacial score (nSPS) is 17.1. The first-order valence-corrected chi connectivity index (χ1v) is 16.1. The molecule has 2 aromatic carbocycles. The number of nitrogens with one attached hydrogen (secondary N) is 1. The Morgan fingerprint density at radius 1 is 0.929 bits per heavy atom. The van der Waals surface area contributed by atoms with E-state index in [2.05, 4.69) is 15.2 Å². The van der Waals surface area contributed by atoms with Crippen LogP contribution >= 0.6 is 0 Å². The fourth-order valence-electron chi connectivity index (χ4n) is 5.31. The minimum absolute atomic E-state index is 0.0724. The van der Waals surface area contributed by atoms with E-state index in [4.69, 9.17) is 4.74 Å². The maximum atomic E-state index is 13.0. The minimum atomic E-state index is -3.26. The first kappa shape index (κ1) is 29.5. The molecular formula is C31H36N4O6S. The summed E-state index contributed by atoms with van der Waals surface area (Å²) in [7, 11) is -3.26. The van der Waals surface area contributed by atoms with Crippen LogP contribution in [-0.2, 0) is 16.4 Å². The van der Waals surface area contributed by atoms with E-state index in [1.165, 1.54) is 24.6 Å². The van der Waals surface area contributed by atoms with Crippen LogP contribution in [0.3, 0.4) is 0 Å². The lowest BCUT2D eigenvalue weighted by molar-refractivity contribution is 0.0589. The molecule has 42 heavy (non-hydrogen) atoms. The van der Waals surface area contributed by atoms with E-state index in [9.17, 15) is 23.1 Å². The van der Waals surface area contributed by atoms with Gasteiger partial charge >= 0.3 is 0 Å². The lowest BCUT2D eigenvalue weighted by atomic mass is 10.0. The van der Waals surface area contributed by atoms with Crippen LogP contribution in [0, 0.1) is 0 Å². The number of sulfone groups is 1. The van der Waals surface area contributed by atoms with Crippen molar-refractivity contribution in [3.8, 4) is 11.5 Å². The predicted octanol–water partition coefficient (Wildman–Crippen LogP) is 3.27. The molecule has 222 valence electrons. The molecule has 10 nitrogen and oxygen atoms in total. The minimum Gasteiger partial charge on any atom is -0.508 e. The lowest BCUT2D eigenvalue weighted by Gasteiger charge is -2.32. The summed E-state index contributed by atoms with van der Waals surface area (Å²) in [4.78, 5) is 34.5. The van der Waals surface area contributed by atoms with Crippen LogP contribution in [0.15, 0.2) is 71.8 Å². The summed E-state index contributed by atoms with van der Waals surface area (Å²) in [6, 6.07) is 16.9. The number of carbonyl (C=O) groups is 2. The van der Waals surface area contributed by atoms with Crippen molar-refractivity contribution >= 4 is 21.7 Å². The summed E-state index contributed by atoms with van der Waals surface area (Å²) in [5.74, 6) is 0.485. The van der Waals surface area contributed by atoms with Crippen LogP contribution in [0.25, 0.3) is 0 Å². The van der Waals surface area contributed by atoms with Gasteiger partial charge in [0.15, 0.2) is 9.84 Å². The second-order valence-corrected chi connectivity index (χ2v) is 13.0. The fourth-order valence-corrected chi connectivity index (χ4v) is 5.95. The van der Waals surface area contributed by atoms with E-state index in [1.807, 2.05) is 12.1 Å². The Hall–Kier alpha value is -3.96. The molecule has 2 fully saturated rings. The number of aromatic hydroxyl groups is 1. The number of hydrogen-bond acceptors (Lipinski definition) is 8. The van der Waals surface area contributed by atoms with Crippen molar-refractivity contribution in [1.82, 2.24) is 20.1 Å². The molecule has 0 radical (unpaired) electrons. The van der Waals surface area contributed by atoms with Crippen LogP contribution in [-0.4, -0.2) is 84.7 Å². The fraction of sp³-hybridized carbons (Fsp3) is 0.387. The predicted molar refractivity (Wildman–Crippen MR) is 157 cm³/mol. The Balaban J connectivity index is 1.05. The number of amides is 2. The highest BCUT2D eigenvalue weighted by Crippen LogP contribution is 2.22. The molecule has 1 aromatic heterocycles. The van der Waals surface area contributed by atoms with Gasteiger partial charge in [-0.25, -0.2) is 8.42 Å². The number of benzene rings is 2. The third-order valence-corrected chi connectivity index (χ3v) is 8.92. The molecule has 0 bridgehead atoms. The van der Waals surface area contributed by atoms with E-state index in [0.717, 1.165) is 38.0 Å². The highest BCUT2D eigenvalue weighted by atomic mass is 32.2. The highest BCUT2D eigenvalue weighted by molar-refractivity contribution is 7.90. The molecule has 0 saturated carbocycles. The molecule has 2 aliphatic rings. The standard InChI is InChI=1S/C31H36N4O6S/c1-42(39,40)28-9-7-26(8-10-28)41-27-14-18-35(19-15-27)31(38)29-11-4-23(20-32-29)30(37)33-24-12-16-34(17-13-24)21-22-2-5-25(36)6-3-22/h2-11,20,24,27,36H,12-19,21H2,1H3,(H,33,37). The van der Waals surface area contributed by atoms with Crippen LogP contribution in [0.1, 0.15) is 52.1 Å². The number of rotatable bonds is 8. The zero-order chi connectivity index (χ0) is 29.7. The molecular weight excluding hydrogens is 556 g/mol. The molecule has 0 spiro atoms. The van der Waals surface area contributed by atoms with Crippen molar-refractivity contribution in [2.45, 2.75) is 49.3 Å². The summed E-state index contributed by atoms with van der Waals surface area (Å²) in [6.07, 6.45) is 5.54. The van der Waals surface area contributed by atoms with Gasteiger partial charge < -0.3 is 20.1 Å². The van der Waals surface area contributed by atoms with Gasteiger partial charge in [0, 0.05) is 64.1 Å². The number of ether oxygens (including phenoxy) is 1. The van der Waals surface area contributed by atoms with Crippen molar-refractivity contribution in [3.05, 3.63) is 83.7 Å². The second kappa shape index (κ2) is 12.9. The van der Waals surface area contributed by atoms with Gasteiger partial charge in [0.1, 0.15) is 23.3 Å². The van der Waals surface area contributed by atoms with E-state index >= 15 is 0 Å². The van der Waals surface area contributed by atoms with Crippen molar-refractivity contribution in [2.24, 2.45) is 0 Å². The molecule has 0 unspecified atom stereocenters. The molecule has 0 aliphatic carbocycles. The zero-order valence-corrected chi connectivity index (χ0v) is 24.4. The first-order valence-electron chi connectivity index (χ1n) is 14.2. The Morgan fingerprint density at radius 2 is 1.60 bits per heavy atom. The monoisotopic (exact) mass is 592 g/mol. The topological polar surface area (TPSA) is 129 Å². The van der Waals surface area contributed by atoms with Crippen LogP contribution in [0.5, 0.6) is 11.5 Å². The van der Waals surface area contributed by atoms with Crippen molar-refractivity contribution in [1.29, 1.82) is 0 Å². The smallest absolute Gasteiger partial charge is 0.272 e. The maximum absolute atomic E-state index is 13.0. The summed E-state index contributed by atoms with van der Waals surface area (Å²) in [5.41, 5.74) is 1.87. The van der Waals surface area contributed by atoms with E-state index in [1.54, 1.807) is 41.3 Å². The van der Waals surface area contributed by atoms with E-state index < -0.39 is 9.84 Å². The number of pyridine rings is 1. The van der Waals surface area contributed by atoms with Gasteiger partial charge in [-0.3, -0.25) is 19.5 Å². The van der Waals surface area contributed by atoms with Gasteiger partial charge in [-0.05, 0) is 66.9 Å². The number of phenolic OH excluding ortho intramolecular Hbond substituents is 1. The number of aromatic nitrogens is 1. The van der Waals surface area contributed by atoms with Gasteiger partial charge in [-0.1, -0.05) is 12.1 Å². The van der Waals surface area contributed by atoms with E-state index in [0.29, 0.717) is 42.9 Å². The molecule has 5 rings (SSSR count). The second-order valence-electron chi connectivity index (χ2n) is 11.0. The lowest BCUT2D eigenvalue weighted by Crippen LogP contribution is -2.44. The average molecular weight is 593 g/mol. The molecule has 0 atom stereocenters. The molecule has 11 heteroatoms. The first-order chi connectivity index (χ1) is 20.1. The van der Waals surface area contributed by atoms with Crippen molar-refractivity contribution in [2.75, 3.05) is 32.4 Å². The number of carbonyl (C=O) groups excluding carboxylic acids is 2. The quantitative estimate of drug-likeness (QED) is 0.408. The van der Waals surface area contributed by atoms with Crippen molar-refractivity contribution in [3.63, 3.8) is 0 Å².